The van der Waals surface area contributed by atoms with E-state index in [4.69, 9.17) is 4.74 Å². The number of rotatable bonds is 11. The topological polar surface area (TPSA) is 75.7 Å². The van der Waals surface area contributed by atoms with Crippen molar-refractivity contribution >= 4 is 23.3 Å². The Morgan fingerprint density at radius 1 is 1.05 bits per heavy atom. The van der Waals surface area contributed by atoms with Crippen LogP contribution in [0.15, 0.2) is 103 Å². The first-order chi connectivity index (χ1) is 17.9. The molecule has 3 rings (SSSR count). The van der Waals surface area contributed by atoms with Gasteiger partial charge < -0.3 is 15.0 Å². The number of benzene rings is 2. The van der Waals surface area contributed by atoms with Gasteiger partial charge in [-0.05, 0) is 36.6 Å². The van der Waals surface area contributed by atoms with Crippen LogP contribution in [0.2, 0.25) is 0 Å². The molecule has 0 spiro atoms. The number of allylic oxidation sites excluding steroid dienone is 5. The van der Waals surface area contributed by atoms with Crippen molar-refractivity contribution in [1.82, 2.24) is 5.32 Å². The highest BCUT2D eigenvalue weighted by molar-refractivity contribution is 6.04. The van der Waals surface area contributed by atoms with Gasteiger partial charge in [-0.25, -0.2) is 4.79 Å². The summed E-state index contributed by atoms with van der Waals surface area (Å²) in [7, 11) is 3.92. The Kier molecular flexibility index (Phi) is 10.2. The molecule has 37 heavy (non-hydrogen) atoms. The van der Waals surface area contributed by atoms with E-state index in [2.05, 4.69) is 5.32 Å². The van der Waals surface area contributed by atoms with Crippen LogP contribution in [0.3, 0.4) is 0 Å². The molecule has 0 bridgehead atoms. The van der Waals surface area contributed by atoms with Gasteiger partial charge in [0, 0.05) is 37.9 Å². The summed E-state index contributed by atoms with van der Waals surface area (Å²) in [4.78, 5) is 40.1. The molecular weight excluding hydrogens is 464 g/mol. The van der Waals surface area contributed by atoms with Gasteiger partial charge in [0.2, 0.25) is 5.91 Å². The molecule has 2 atom stereocenters. The number of anilines is 1. The molecule has 1 aliphatic carbocycles. The Morgan fingerprint density at radius 3 is 2.46 bits per heavy atom. The van der Waals surface area contributed by atoms with E-state index in [1.165, 1.54) is 6.08 Å². The molecular formula is C31H34N2O4. The minimum Gasteiger partial charge on any atom is -0.463 e. The smallest absolute Gasteiger partial charge is 0.330 e. The first kappa shape index (κ1) is 27.4. The SMILES string of the molecule is CCOC(=O)C=CC=CC[C@@H](C(=O)NC1C=CC=C(Cc2ccccc2)C1=O)c1ccc(N(C)C)cc1. The summed E-state index contributed by atoms with van der Waals surface area (Å²) in [6.07, 6.45) is 12.8. The minimum absolute atomic E-state index is 0.102. The van der Waals surface area contributed by atoms with Crippen molar-refractivity contribution in [3.8, 4) is 0 Å². The number of amides is 1. The van der Waals surface area contributed by atoms with E-state index in [9.17, 15) is 14.4 Å². The third-order valence-electron chi connectivity index (χ3n) is 6.00. The summed E-state index contributed by atoms with van der Waals surface area (Å²) >= 11 is 0. The largest absolute Gasteiger partial charge is 0.463 e. The van der Waals surface area contributed by atoms with Crippen molar-refractivity contribution in [2.45, 2.75) is 31.7 Å². The first-order valence-corrected chi connectivity index (χ1v) is 12.4. The lowest BCUT2D eigenvalue weighted by atomic mass is 9.91. The fraction of sp³-hybridized carbons (Fsp3) is 0.258. The molecule has 0 aromatic heterocycles. The van der Waals surface area contributed by atoms with Crippen LogP contribution in [0, 0.1) is 0 Å². The van der Waals surface area contributed by atoms with Crippen LogP contribution in [-0.4, -0.2) is 44.4 Å². The fourth-order valence-corrected chi connectivity index (χ4v) is 4.00. The van der Waals surface area contributed by atoms with E-state index in [0.29, 0.717) is 25.0 Å². The molecule has 0 saturated carbocycles. The predicted octanol–water partition coefficient (Wildman–Crippen LogP) is 4.69. The lowest BCUT2D eigenvalue weighted by molar-refractivity contribution is -0.137. The third kappa shape index (κ3) is 8.17. The summed E-state index contributed by atoms with van der Waals surface area (Å²) < 4.78 is 4.88. The van der Waals surface area contributed by atoms with Crippen LogP contribution >= 0.6 is 0 Å². The lowest BCUT2D eigenvalue weighted by Gasteiger charge is -2.23. The third-order valence-corrected chi connectivity index (χ3v) is 6.00. The molecule has 1 N–H and O–H groups in total. The summed E-state index contributed by atoms with van der Waals surface area (Å²) in [5.41, 5.74) is 3.57. The highest BCUT2D eigenvalue weighted by Crippen LogP contribution is 2.24. The predicted molar refractivity (Wildman–Crippen MR) is 147 cm³/mol. The summed E-state index contributed by atoms with van der Waals surface area (Å²) in [6.45, 7) is 2.06. The second kappa shape index (κ2) is 13.8. The second-order valence-corrected chi connectivity index (χ2v) is 8.90. The number of esters is 1. The Balaban J connectivity index is 1.73. The standard InChI is InChI=1S/C31H34N2O4/c1-4-37-29(34)17-10-6-9-15-27(24-18-20-26(21-19-24)33(2)3)31(36)32-28-16-11-14-25(30(28)35)22-23-12-7-5-8-13-23/h5-14,16-21,27-28H,4,15,22H2,1-3H3,(H,32,36)/t27-,28?/m1/s1. The van der Waals surface area contributed by atoms with Gasteiger partial charge >= 0.3 is 5.97 Å². The van der Waals surface area contributed by atoms with E-state index in [-0.39, 0.29) is 11.7 Å². The zero-order chi connectivity index (χ0) is 26.6. The van der Waals surface area contributed by atoms with Gasteiger partial charge in [0.05, 0.1) is 12.5 Å². The van der Waals surface area contributed by atoms with Gasteiger partial charge in [0.25, 0.3) is 0 Å². The average molecular weight is 499 g/mol. The molecule has 0 aliphatic heterocycles. The quantitative estimate of drug-likeness (QED) is 0.276. The van der Waals surface area contributed by atoms with Crippen LogP contribution in [0.4, 0.5) is 5.69 Å². The second-order valence-electron chi connectivity index (χ2n) is 8.90. The molecule has 2 aromatic carbocycles. The van der Waals surface area contributed by atoms with Crippen LogP contribution in [0.1, 0.15) is 30.4 Å². The van der Waals surface area contributed by atoms with Gasteiger partial charge in [-0.2, -0.15) is 0 Å². The first-order valence-electron chi connectivity index (χ1n) is 12.4. The molecule has 192 valence electrons. The Labute approximate surface area is 219 Å². The molecule has 2 aromatic rings. The Hall–Kier alpha value is -4.19. The number of ether oxygens (including phenoxy) is 1. The number of Topliss-reactive ketones (excluding diaryl/α,β-unsaturated/α-hetero) is 1. The van der Waals surface area contributed by atoms with E-state index >= 15 is 0 Å². The lowest BCUT2D eigenvalue weighted by Crippen LogP contribution is -2.43. The van der Waals surface area contributed by atoms with Crippen molar-refractivity contribution in [2.24, 2.45) is 0 Å². The van der Waals surface area contributed by atoms with Crippen molar-refractivity contribution in [3.63, 3.8) is 0 Å². The highest BCUT2D eigenvalue weighted by Gasteiger charge is 2.27. The molecule has 1 aliphatic rings. The number of carbonyl (C=O) groups is 3. The molecule has 0 saturated heterocycles. The molecule has 6 nitrogen and oxygen atoms in total. The van der Waals surface area contributed by atoms with E-state index in [1.807, 2.05) is 91.8 Å². The van der Waals surface area contributed by atoms with Gasteiger partial charge in [-0.3, -0.25) is 9.59 Å². The Morgan fingerprint density at radius 2 is 1.78 bits per heavy atom. The normalized spacial score (nSPS) is 16.0. The molecule has 0 fully saturated rings. The van der Waals surface area contributed by atoms with E-state index in [0.717, 1.165) is 16.8 Å². The van der Waals surface area contributed by atoms with E-state index < -0.39 is 17.9 Å². The maximum Gasteiger partial charge on any atom is 0.330 e. The van der Waals surface area contributed by atoms with Crippen molar-refractivity contribution in [3.05, 3.63) is 114 Å². The number of hydrogen-bond acceptors (Lipinski definition) is 5. The van der Waals surface area contributed by atoms with Crippen LogP contribution in [0.25, 0.3) is 0 Å². The molecule has 0 radical (unpaired) electrons. The maximum atomic E-state index is 13.4. The van der Waals surface area contributed by atoms with Crippen LogP contribution < -0.4 is 10.2 Å². The summed E-state index contributed by atoms with van der Waals surface area (Å²) in [6, 6.07) is 16.9. The molecule has 6 heteroatoms. The summed E-state index contributed by atoms with van der Waals surface area (Å²) in [5, 5.41) is 2.94. The molecule has 0 heterocycles. The van der Waals surface area contributed by atoms with Gasteiger partial charge in [-0.15, -0.1) is 0 Å². The minimum atomic E-state index is -0.715. The number of hydrogen-bond donors (Lipinski definition) is 1. The Bertz CT molecular complexity index is 1190. The van der Waals surface area contributed by atoms with Crippen molar-refractivity contribution in [1.29, 1.82) is 0 Å². The van der Waals surface area contributed by atoms with Crippen LogP contribution in [0.5, 0.6) is 0 Å². The fourth-order valence-electron chi connectivity index (χ4n) is 4.00. The monoisotopic (exact) mass is 498 g/mol. The van der Waals surface area contributed by atoms with Crippen molar-refractivity contribution in [2.75, 3.05) is 25.6 Å². The van der Waals surface area contributed by atoms with E-state index in [1.54, 1.807) is 25.2 Å². The van der Waals surface area contributed by atoms with Gasteiger partial charge in [-0.1, -0.05) is 78.9 Å². The maximum absolute atomic E-state index is 13.4. The number of nitrogens with one attached hydrogen (secondary N) is 1. The average Bonchev–Trinajstić information content (AvgIpc) is 2.89. The number of nitrogens with zero attached hydrogens (tertiary/aromatic N) is 1. The van der Waals surface area contributed by atoms with Crippen LogP contribution in [-0.2, 0) is 25.5 Å². The molecule has 1 unspecified atom stereocenters. The number of ketones is 1. The van der Waals surface area contributed by atoms with Gasteiger partial charge in [0.1, 0.15) is 6.04 Å². The number of carbonyl (C=O) groups excluding carboxylic acids is 3. The summed E-state index contributed by atoms with van der Waals surface area (Å²) in [5.74, 6) is -1.26. The zero-order valence-corrected chi connectivity index (χ0v) is 21.6. The molecule has 1 amide bonds. The van der Waals surface area contributed by atoms with Gasteiger partial charge in [0.15, 0.2) is 5.78 Å². The highest BCUT2D eigenvalue weighted by atomic mass is 16.5. The van der Waals surface area contributed by atoms with Crippen molar-refractivity contribution < 1.29 is 19.1 Å². The zero-order valence-electron chi connectivity index (χ0n) is 21.6.